The summed E-state index contributed by atoms with van der Waals surface area (Å²) in [6.07, 6.45) is 0. The van der Waals surface area contributed by atoms with Gasteiger partial charge in [0.15, 0.2) is 0 Å². The zero-order chi connectivity index (χ0) is 12.3. The number of nitrogens with zero attached hydrogens (tertiary/aromatic N) is 2. The van der Waals surface area contributed by atoms with Crippen molar-refractivity contribution in [1.29, 1.82) is 0 Å². The van der Waals surface area contributed by atoms with Crippen molar-refractivity contribution in [2.75, 3.05) is 12.4 Å². The highest BCUT2D eigenvalue weighted by Gasteiger charge is 2.07. The van der Waals surface area contributed by atoms with E-state index in [9.17, 15) is 0 Å². The normalized spacial score (nSPS) is 10.3. The minimum atomic E-state index is 0.639. The Morgan fingerprint density at radius 3 is 2.82 bits per heavy atom. The Labute approximate surface area is 120 Å². The molecule has 0 aliphatic heterocycles. The van der Waals surface area contributed by atoms with E-state index in [-0.39, 0.29) is 0 Å². The fraction of sp³-hybridized carbons (Fsp3) is 0.200. The highest BCUT2D eigenvalue weighted by atomic mass is 79.9. The number of nitrogens with one attached hydrogen (secondary N) is 1. The van der Waals surface area contributed by atoms with Gasteiger partial charge >= 0.3 is 0 Å². The number of benzene rings is 1. The number of hydrogen-bond acceptors (Lipinski definition) is 5. The summed E-state index contributed by atoms with van der Waals surface area (Å²) >= 11 is 8.27. The molecule has 1 aromatic carbocycles. The van der Waals surface area contributed by atoms with E-state index in [1.807, 2.05) is 17.5 Å². The Bertz CT molecular complexity index is 505. The van der Waals surface area contributed by atoms with E-state index in [4.69, 9.17) is 4.74 Å². The minimum absolute atomic E-state index is 0.639. The van der Waals surface area contributed by atoms with E-state index in [1.165, 1.54) is 11.5 Å². The molecule has 0 fully saturated rings. The highest BCUT2D eigenvalue weighted by molar-refractivity contribution is 9.11. The molecule has 1 N–H and O–H groups in total. The molecule has 0 spiro atoms. The predicted octanol–water partition coefficient (Wildman–Crippen LogP) is 3.68. The maximum Gasteiger partial charge on any atom is 0.135 e. The van der Waals surface area contributed by atoms with Crippen molar-refractivity contribution in [3.8, 4) is 5.75 Å². The van der Waals surface area contributed by atoms with Crippen LogP contribution >= 0.6 is 43.4 Å². The van der Waals surface area contributed by atoms with E-state index in [2.05, 4.69) is 46.8 Å². The number of halogens is 2. The molecule has 1 aromatic heterocycles. The number of methoxy groups -OCH3 is 1. The van der Waals surface area contributed by atoms with Crippen molar-refractivity contribution >= 4 is 49.1 Å². The molecule has 2 rings (SSSR count). The summed E-state index contributed by atoms with van der Waals surface area (Å²) in [6, 6.07) is 3.87. The van der Waals surface area contributed by atoms with Crippen LogP contribution < -0.4 is 10.1 Å². The average Bonchev–Trinajstić information content (AvgIpc) is 2.81. The first-order chi connectivity index (χ1) is 8.20. The summed E-state index contributed by atoms with van der Waals surface area (Å²) in [5, 5.41) is 9.16. The molecule has 0 amide bonds. The van der Waals surface area contributed by atoms with Gasteiger partial charge in [-0.05, 0) is 49.5 Å². The molecule has 0 radical (unpaired) electrons. The highest BCUT2D eigenvalue weighted by Crippen LogP contribution is 2.34. The van der Waals surface area contributed by atoms with Crippen molar-refractivity contribution in [2.45, 2.75) is 6.54 Å². The van der Waals surface area contributed by atoms with Gasteiger partial charge < -0.3 is 10.1 Å². The number of anilines is 1. The van der Waals surface area contributed by atoms with E-state index >= 15 is 0 Å². The molecule has 0 saturated carbocycles. The Kier molecular flexibility index (Phi) is 4.36. The molecule has 0 saturated heterocycles. The van der Waals surface area contributed by atoms with Gasteiger partial charge in [-0.1, -0.05) is 4.49 Å². The number of aromatic nitrogens is 2. The molecule has 4 nitrogen and oxygen atoms in total. The van der Waals surface area contributed by atoms with Crippen molar-refractivity contribution in [3.05, 3.63) is 32.2 Å². The molecule has 0 bridgehead atoms. The Balaban J connectivity index is 2.15. The van der Waals surface area contributed by atoms with Crippen LogP contribution in [-0.4, -0.2) is 16.7 Å². The topological polar surface area (TPSA) is 47.0 Å². The monoisotopic (exact) mass is 377 g/mol. The van der Waals surface area contributed by atoms with E-state index in [0.717, 1.165) is 26.1 Å². The van der Waals surface area contributed by atoms with Crippen LogP contribution in [0.15, 0.2) is 26.5 Å². The van der Waals surface area contributed by atoms with Crippen molar-refractivity contribution in [1.82, 2.24) is 9.59 Å². The lowest BCUT2D eigenvalue weighted by Gasteiger charge is -2.10. The second kappa shape index (κ2) is 5.79. The molecule has 90 valence electrons. The molecule has 0 atom stereocenters. The SMILES string of the molecule is COc1cc(NCc2csnn2)c(Br)cc1Br. The Hall–Kier alpha value is -0.660. The summed E-state index contributed by atoms with van der Waals surface area (Å²) in [7, 11) is 1.64. The molecule has 0 unspecified atom stereocenters. The third-order valence-electron chi connectivity index (χ3n) is 2.11. The van der Waals surface area contributed by atoms with E-state index in [1.54, 1.807) is 7.11 Å². The fourth-order valence-corrected chi connectivity index (χ4v) is 3.02. The number of hydrogen-bond donors (Lipinski definition) is 1. The first kappa shape index (κ1) is 12.8. The second-order valence-corrected chi connectivity index (χ2v) is 5.53. The summed E-state index contributed by atoms with van der Waals surface area (Å²) in [6.45, 7) is 0.639. The third kappa shape index (κ3) is 3.17. The zero-order valence-corrected chi connectivity index (χ0v) is 12.9. The van der Waals surface area contributed by atoms with Gasteiger partial charge in [-0.25, -0.2) is 0 Å². The lowest BCUT2D eigenvalue weighted by atomic mass is 10.3. The van der Waals surface area contributed by atoms with Crippen molar-refractivity contribution < 1.29 is 4.74 Å². The maximum atomic E-state index is 5.24. The average molecular weight is 379 g/mol. The standard InChI is InChI=1S/C10H9Br2N3OS/c1-16-10-3-9(7(11)2-8(10)12)13-4-6-5-17-15-14-6/h2-3,5,13H,4H2,1H3. The van der Waals surface area contributed by atoms with Crippen LogP contribution in [0.5, 0.6) is 5.75 Å². The Morgan fingerprint density at radius 1 is 1.35 bits per heavy atom. The van der Waals surface area contributed by atoms with Crippen LogP contribution in [-0.2, 0) is 6.54 Å². The molecule has 0 aliphatic carbocycles. The number of rotatable bonds is 4. The molecular formula is C10H9Br2N3OS. The molecular weight excluding hydrogens is 370 g/mol. The van der Waals surface area contributed by atoms with Gasteiger partial charge in [0.05, 0.1) is 29.5 Å². The van der Waals surface area contributed by atoms with Crippen LogP contribution in [0.2, 0.25) is 0 Å². The molecule has 1 heterocycles. The van der Waals surface area contributed by atoms with Crippen LogP contribution in [0, 0.1) is 0 Å². The summed E-state index contributed by atoms with van der Waals surface area (Å²) in [5.74, 6) is 0.784. The Morgan fingerprint density at radius 2 is 2.18 bits per heavy atom. The quantitative estimate of drug-likeness (QED) is 0.881. The molecule has 7 heteroatoms. The van der Waals surface area contributed by atoms with Gasteiger partial charge in [0, 0.05) is 15.9 Å². The van der Waals surface area contributed by atoms with Gasteiger partial charge in [0.1, 0.15) is 5.75 Å². The van der Waals surface area contributed by atoms with E-state index < -0.39 is 0 Å². The van der Waals surface area contributed by atoms with Gasteiger partial charge in [-0.2, -0.15) is 0 Å². The maximum absolute atomic E-state index is 5.24. The summed E-state index contributed by atoms with van der Waals surface area (Å²) < 4.78 is 10.9. The molecule has 2 aromatic rings. The van der Waals surface area contributed by atoms with Crippen molar-refractivity contribution in [2.24, 2.45) is 0 Å². The van der Waals surface area contributed by atoms with Crippen molar-refractivity contribution in [3.63, 3.8) is 0 Å². The summed E-state index contributed by atoms with van der Waals surface area (Å²) in [4.78, 5) is 0. The molecule has 17 heavy (non-hydrogen) atoms. The summed E-state index contributed by atoms with van der Waals surface area (Å²) in [5.41, 5.74) is 1.88. The lowest BCUT2D eigenvalue weighted by molar-refractivity contribution is 0.412. The van der Waals surface area contributed by atoms with Crippen LogP contribution in [0.3, 0.4) is 0 Å². The van der Waals surface area contributed by atoms with Gasteiger partial charge in [0.25, 0.3) is 0 Å². The molecule has 0 aliphatic rings. The fourth-order valence-electron chi connectivity index (χ4n) is 1.27. The van der Waals surface area contributed by atoms with Gasteiger partial charge in [0.2, 0.25) is 0 Å². The zero-order valence-electron chi connectivity index (χ0n) is 8.91. The first-order valence-corrected chi connectivity index (χ1v) is 7.16. The number of ether oxygens (including phenoxy) is 1. The van der Waals surface area contributed by atoms with Gasteiger partial charge in [-0.15, -0.1) is 5.10 Å². The van der Waals surface area contributed by atoms with Gasteiger partial charge in [-0.3, -0.25) is 0 Å². The predicted molar refractivity (Wildman–Crippen MR) is 75.6 cm³/mol. The van der Waals surface area contributed by atoms with Crippen LogP contribution in [0.4, 0.5) is 5.69 Å². The first-order valence-electron chi connectivity index (χ1n) is 4.73. The minimum Gasteiger partial charge on any atom is -0.495 e. The van der Waals surface area contributed by atoms with Crippen LogP contribution in [0.25, 0.3) is 0 Å². The van der Waals surface area contributed by atoms with E-state index in [0.29, 0.717) is 6.54 Å². The lowest BCUT2D eigenvalue weighted by Crippen LogP contribution is -2.01. The largest absolute Gasteiger partial charge is 0.495 e. The smallest absolute Gasteiger partial charge is 0.135 e. The third-order valence-corrected chi connectivity index (χ3v) is 3.94. The van der Waals surface area contributed by atoms with Crippen LogP contribution in [0.1, 0.15) is 5.69 Å². The second-order valence-electron chi connectivity index (χ2n) is 3.22.